The topological polar surface area (TPSA) is 101 Å². The van der Waals surface area contributed by atoms with Crippen LogP contribution in [0, 0.1) is 0 Å². The Labute approximate surface area is 164 Å². The minimum Gasteiger partial charge on any atom is -0.478 e. The highest BCUT2D eigenvalue weighted by Gasteiger charge is 2.29. The molecule has 146 valence electrons. The van der Waals surface area contributed by atoms with Crippen molar-refractivity contribution in [1.82, 2.24) is 0 Å². The van der Waals surface area contributed by atoms with Gasteiger partial charge in [0.15, 0.2) is 0 Å². The lowest BCUT2D eigenvalue weighted by Gasteiger charge is -2.33. The van der Waals surface area contributed by atoms with Gasteiger partial charge in [-0.3, -0.25) is 9.59 Å². The predicted molar refractivity (Wildman–Crippen MR) is 107 cm³/mol. The Balaban J connectivity index is 1.94. The smallest absolute Gasteiger partial charge is 0.335 e. The van der Waals surface area contributed by atoms with Crippen molar-refractivity contribution in [3.63, 3.8) is 0 Å². The van der Waals surface area contributed by atoms with E-state index in [1.807, 2.05) is 31.2 Å². The number of hydrogen-bond donors (Lipinski definition) is 2. The van der Waals surface area contributed by atoms with Crippen LogP contribution in [0.25, 0.3) is 0 Å². The zero-order valence-corrected chi connectivity index (χ0v) is 15.8. The average molecular weight is 380 g/mol. The molecule has 1 fully saturated rings. The van der Waals surface area contributed by atoms with Crippen LogP contribution in [0.5, 0.6) is 0 Å². The number of carbonyl (C=O) groups is 3. The first-order chi connectivity index (χ1) is 13.4. The van der Waals surface area contributed by atoms with E-state index in [1.54, 1.807) is 12.1 Å². The summed E-state index contributed by atoms with van der Waals surface area (Å²) in [5.74, 6) is -1.99. The van der Waals surface area contributed by atoms with Crippen LogP contribution in [0.4, 0.5) is 5.69 Å². The van der Waals surface area contributed by atoms with Crippen molar-refractivity contribution >= 4 is 23.3 Å². The number of para-hydroxylation sites is 1. The van der Waals surface area contributed by atoms with Crippen LogP contribution >= 0.6 is 0 Å². The summed E-state index contributed by atoms with van der Waals surface area (Å²) >= 11 is 0. The lowest BCUT2D eigenvalue weighted by atomic mass is 9.81. The minimum atomic E-state index is -1.01. The SMILES string of the molecule is CC(c1ccccc1N1CCC(=O)CC1)C(C(N)=O)c1ccc(C(=O)O)cc1. The van der Waals surface area contributed by atoms with E-state index in [9.17, 15) is 14.4 Å². The molecule has 6 nitrogen and oxygen atoms in total. The first-order valence-corrected chi connectivity index (χ1v) is 9.36. The van der Waals surface area contributed by atoms with Gasteiger partial charge >= 0.3 is 5.97 Å². The van der Waals surface area contributed by atoms with Crippen molar-refractivity contribution in [3.05, 3.63) is 65.2 Å². The number of primary amides is 1. The number of aromatic carboxylic acids is 1. The molecule has 1 aliphatic rings. The molecule has 28 heavy (non-hydrogen) atoms. The Morgan fingerprint density at radius 2 is 1.64 bits per heavy atom. The summed E-state index contributed by atoms with van der Waals surface area (Å²) < 4.78 is 0. The van der Waals surface area contributed by atoms with Crippen LogP contribution < -0.4 is 10.6 Å². The molecule has 3 rings (SSSR count). The molecule has 3 N–H and O–H groups in total. The number of Topliss-reactive ketones (excluding diaryl/α,β-unsaturated/α-hetero) is 1. The number of piperidine rings is 1. The van der Waals surface area contributed by atoms with Gasteiger partial charge in [0.05, 0.1) is 11.5 Å². The number of nitrogens with zero attached hydrogens (tertiary/aromatic N) is 1. The first kappa shape index (κ1) is 19.6. The summed E-state index contributed by atoms with van der Waals surface area (Å²) in [4.78, 5) is 37.2. The zero-order chi connectivity index (χ0) is 20.3. The lowest BCUT2D eigenvalue weighted by Crippen LogP contribution is -2.35. The molecule has 0 spiro atoms. The van der Waals surface area contributed by atoms with E-state index in [-0.39, 0.29) is 17.3 Å². The van der Waals surface area contributed by atoms with Crippen LogP contribution in [0.1, 0.15) is 53.1 Å². The summed E-state index contributed by atoms with van der Waals surface area (Å²) in [5.41, 5.74) is 8.59. The molecule has 1 aliphatic heterocycles. The predicted octanol–water partition coefficient (Wildman–Crippen LogP) is 2.93. The fourth-order valence-corrected chi connectivity index (χ4v) is 3.87. The summed E-state index contributed by atoms with van der Waals surface area (Å²) in [6.45, 7) is 3.28. The number of hydrogen-bond acceptors (Lipinski definition) is 4. The maximum Gasteiger partial charge on any atom is 0.335 e. The van der Waals surface area contributed by atoms with Crippen molar-refractivity contribution in [2.75, 3.05) is 18.0 Å². The van der Waals surface area contributed by atoms with Gasteiger partial charge in [-0.15, -0.1) is 0 Å². The quantitative estimate of drug-likeness (QED) is 0.802. The summed E-state index contributed by atoms with van der Waals surface area (Å²) in [6.07, 6.45) is 1.05. The normalized spacial score (nSPS) is 16.5. The number of carboxylic acids is 1. The van der Waals surface area contributed by atoms with Gasteiger partial charge < -0.3 is 15.7 Å². The van der Waals surface area contributed by atoms with E-state index in [1.165, 1.54) is 12.1 Å². The van der Waals surface area contributed by atoms with Gasteiger partial charge in [-0.1, -0.05) is 37.3 Å². The molecule has 2 aromatic rings. The van der Waals surface area contributed by atoms with Gasteiger partial charge in [0.1, 0.15) is 5.78 Å². The lowest BCUT2D eigenvalue weighted by molar-refractivity contribution is -0.120. The number of carbonyl (C=O) groups excluding carboxylic acids is 2. The Kier molecular flexibility index (Phi) is 5.78. The maximum absolute atomic E-state index is 12.3. The van der Waals surface area contributed by atoms with Crippen molar-refractivity contribution in [2.24, 2.45) is 5.73 Å². The van der Waals surface area contributed by atoms with Crippen LogP contribution in [0.2, 0.25) is 0 Å². The number of amides is 1. The van der Waals surface area contributed by atoms with Crippen molar-refractivity contribution in [3.8, 4) is 0 Å². The van der Waals surface area contributed by atoms with Crippen molar-refractivity contribution in [1.29, 1.82) is 0 Å². The second-order valence-corrected chi connectivity index (χ2v) is 7.18. The second-order valence-electron chi connectivity index (χ2n) is 7.18. The van der Waals surface area contributed by atoms with E-state index in [2.05, 4.69) is 4.90 Å². The summed E-state index contributed by atoms with van der Waals surface area (Å²) in [6, 6.07) is 14.1. The highest BCUT2D eigenvalue weighted by Crippen LogP contribution is 2.38. The van der Waals surface area contributed by atoms with Crippen molar-refractivity contribution < 1.29 is 19.5 Å². The first-order valence-electron chi connectivity index (χ1n) is 9.36. The molecular formula is C22H24N2O4. The van der Waals surface area contributed by atoms with E-state index >= 15 is 0 Å². The summed E-state index contributed by atoms with van der Waals surface area (Å²) in [5, 5.41) is 9.09. The third-order valence-corrected chi connectivity index (χ3v) is 5.41. The molecule has 6 heteroatoms. The molecule has 0 radical (unpaired) electrons. The van der Waals surface area contributed by atoms with Crippen LogP contribution in [-0.2, 0) is 9.59 Å². The van der Waals surface area contributed by atoms with Gasteiger partial charge in [0.2, 0.25) is 5.91 Å². The van der Waals surface area contributed by atoms with Crippen LogP contribution in [0.15, 0.2) is 48.5 Å². The fraction of sp³-hybridized carbons (Fsp3) is 0.318. The van der Waals surface area contributed by atoms with Gasteiger partial charge in [0.25, 0.3) is 0 Å². The highest BCUT2D eigenvalue weighted by molar-refractivity contribution is 5.88. The average Bonchev–Trinajstić information content (AvgIpc) is 2.69. The molecule has 2 aromatic carbocycles. The largest absolute Gasteiger partial charge is 0.478 e. The second kappa shape index (κ2) is 8.25. The standard InChI is InChI=1S/C22H24N2O4/c1-14(20(21(23)26)15-6-8-16(9-7-15)22(27)28)18-4-2-3-5-19(18)24-12-10-17(25)11-13-24/h2-9,14,20H,10-13H2,1H3,(H2,23,26)(H,27,28). The monoisotopic (exact) mass is 380 g/mol. The number of carboxylic acid groups (broad SMARTS) is 1. The number of nitrogens with two attached hydrogens (primary N) is 1. The number of rotatable bonds is 6. The molecule has 0 saturated carbocycles. The van der Waals surface area contributed by atoms with Gasteiger partial charge in [-0.2, -0.15) is 0 Å². The molecule has 1 amide bonds. The molecular weight excluding hydrogens is 356 g/mol. The molecule has 0 bridgehead atoms. The maximum atomic E-state index is 12.3. The van der Waals surface area contributed by atoms with Gasteiger partial charge in [-0.05, 0) is 35.2 Å². The molecule has 0 aliphatic carbocycles. The van der Waals surface area contributed by atoms with E-state index < -0.39 is 17.8 Å². The fourth-order valence-electron chi connectivity index (χ4n) is 3.87. The third kappa shape index (κ3) is 4.06. The van der Waals surface area contributed by atoms with Crippen LogP contribution in [0.3, 0.4) is 0 Å². The molecule has 2 atom stereocenters. The van der Waals surface area contributed by atoms with Gasteiger partial charge in [-0.25, -0.2) is 4.79 Å². The molecule has 1 saturated heterocycles. The number of benzene rings is 2. The molecule has 2 unspecified atom stereocenters. The van der Waals surface area contributed by atoms with Crippen LogP contribution in [-0.4, -0.2) is 35.9 Å². The van der Waals surface area contributed by atoms with E-state index in [0.29, 0.717) is 31.5 Å². The highest BCUT2D eigenvalue weighted by atomic mass is 16.4. The van der Waals surface area contributed by atoms with E-state index in [0.717, 1.165) is 11.3 Å². The number of anilines is 1. The Morgan fingerprint density at radius 1 is 1.04 bits per heavy atom. The van der Waals surface area contributed by atoms with E-state index in [4.69, 9.17) is 10.8 Å². The number of ketones is 1. The Morgan fingerprint density at radius 3 is 2.21 bits per heavy atom. The molecule has 1 heterocycles. The van der Waals surface area contributed by atoms with Crippen molar-refractivity contribution in [2.45, 2.75) is 31.6 Å². The Bertz CT molecular complexity index is 882. The minimum absolute atomic E-state index is 0.165. The molecule has 0 aromatic heterocycles. The summed E-state index contributed by atoms with van der Waals surface area (Å²) in [7, 11) is 0. The van der Waals surface area contributed by atoms with Gasteiger partial charge in [0, 0.05) is 31.6 Å². The zero-order valence-electron chi connectivity index (χ0n) is 15.8. The Hall–Kier alpha value is -3.15. The third-order valence-electron chi connectivity index (χ3n) is 5.41.